The number of aromatic nitrogens is 2. The third-order valence-electron chi connectivity index (χ3n) is 4.75. The molecule has 1 N–H and O–H groups in total. The molecule has 1 aliphatic rings. The van der Waals surface area contributed by atoms with Crippen molar-refractivity contribution in [3.8, 4) is 11.3 Å². The lowest BCUT2D eigenvalue weighted by Gasteiger charge is -2.17. The van der Waals surface area contributed by atoms with Crippen LogP contribution in [0.15, 0.2) is 42.0 Å². The first-order chi connectivity index (χ1) is 13.9. The zero-order valence-corrected chi connectivity index (χ0v) is 16.7. The van der Waals surface area contributed by atoms with Crippen LogP contribution in [0.1, 0.15) is 34.3 Å². The highest BCUT2D eigenvalue weighted by Gasteiger charge is 2.31. The first-order valence-electron chi connectivity index (χ1n) is 9.08. The number of hydrogen-bond donors (Lipinski definition) is 1. The minimum absolute atomic E-state index is 0.170. The second-order valence-corrected chi connectivity index (χ2v) is 7.66. The van der Waals surface area contributed by atoms with Crippen LogP contribution in [0.4, 0.5) is 10.8 Å². The minimum atomic E-state index is -0.247. The van der Waals surface area contributed by atoms with Crippen molar-refractivity contribution in [3.05, 3.63) is 58.7 Å². The van der Waals surface area contributed by atoms with Crippen molar-refractivity contribution in [1.82, 2.24) is 9.97 Å². The number of imide groups is 1. The molecule has 146 valence electrons. The monoisotopic (exact) mass is 406 g/mol. The van der Waals surface area contributed by atoms with Crippen LogP contribution in [0, 0.1) is 13.8 Å². The zero-order valence-electron chi connectivity index (χ0n) is 15.9. The average molecular weight is 406 g/mol. The van der Waals surface area contributed by atoms with E-state index in [1.165, 1.54) is 16.2 Å². The maximum absolute atomic E-state index is 12.3. The maximum Gasteiger partial charge on any atom is 0.257 e. The van der Waals surface area contributed by atoms with Gasteiger partial charge in [0.2, 0.25) is 11.8 Å². The van der Waals surface area contributed by atoms with E-state index in [1.54, 1.807) is 24.5 Å². The number of thiazole rings is 1. The molecule has 7 nitrogen and oxygen atoms in total. The second-order valence-electron chi connectivity index (χ2n) is 6.81. The van der Waals surface area contributed by atoms with Gasteiger partial charge in [-0.3, -0.25) is 29.6 Å². The highest BCUT2D eigenvalue weighted by atomic mass is 32.1. The Morgan fingerprint density at radius 3 is 2.31 bits per heavy atom. The van der Waals surface area contributed by atoms with E-state index in [0.717, 1.165) is 22.4 Å². The molecule has 0 saturated carbocycles. The highest BCUT2D eigenvalue weighted by molar-refractivity contribution is 7.14. The Kier molecular flexibility index (Phi) is 4.94. The van der Waals surface area contributed by atoms with Gasteiger partial charge in [0.25, 0.3) is 5.91 Å². The molecule has 0 spiro atoms. The Labute approximate surface area is 171 Å². The molecule has 4 rings (SSSR count). The number of nitrogens with zero attached hydrogens (tertiary/aromatic N) is 3. The molecule has 2 aromatic heterocycles. The molecule has 0 unspecified atom stereocenters. The van der Waals surface area contributed by atoms with E-state index in [-0.39, 0.29) is 30.6 Å². The molecule has 1 aliphatic heterocycles. The van der Waals surface area contributed by atoms with Crippen molar-refractivity contribution in [2.75, 3.05) is 10.2 Å². The fraction of sp³-hybridized carbons (Fsp3) is 0.190. The van der Waals surface area contributed by atoms with Crippen molar-refractivity contribution in [2.24, 2.45) is 0 Å². The number of carbonyl (C=O) groups excluding carboxylic acids is 3. The average Bonchev–Trinajstić information content (AvgIpc) is 3.28. The normalized spacial score (nSPS) is 13.8. The third kappa shape index (κ3) is 3.66. The Balaban J connectivity index is 1.60. The molecule has 29 heavy (non-hydrogen) atoms. The first kappa shape index (κ1) is 18.9. The van der Waals surface area contributed by atoms with Gasteiger partial charge in [-0.15, -0.1) is 11.3 Å². The number of nitrogens with one attached hydrogen (secondary N) is 1. The van der Waals surface area contributed by atoms with E-state index in [2.05, 4.69) is 15.3 Å². The summed E-state index contributed by atoms with van der Waals surface area (Å²) in [5.74, 6) is -0.587. The summed E-state index contributed by atoms with van der Waals surface area (Å²) in [6.45, 7) is 3.84. The number of benzene rings is 1. The van der Waals surface area contributed by atoms with E-state index in [1.807, 2.05) is 31.4 Å². The van der Waals surface area contributed by atoms with Crippen LogP contribution < -0.4 is 10.2 Å². The van der Waals surface area contributed by atoms with Crippen molar-refractivity contribution >= 4 is 39.9 Å². The van der Waals surface area contributed by atoms with Crippen LogP contribution in [0.2, 0.25) is 0 Å². The number of anilines is 2. The first-order valence-corrected chi connectivity index (χ1v) is 9.96. The van der Waals surface area contributed by atoms with Crippen LogP contribution in [0.5, 0.6) is 0 Å². The van der Waals surface area contributed by atoms with Gasteiger partial charge in [0.15, 0.2) is 5.13 Å². The van der Waals surface area contributed by atoms with Crippen LogP contribution in [-0.2, 0) is 9.59 Å². The van der Waals surface area contributed by atoms with Gasteiger partial charge in [0, 0.05) is 41.7 Å². The van der Waals surface area contributed by atoms with Gasteiger partial charge in [-0.1, -0.05) is 0 Å². The molecular weight excluding hydrogens is 388 g/mol. The van der Waals surface area contributed by atoms with E-state index in [4.69, 9.17) is 0 Å². The standard InChI is InChI=1S/C21H18N4O3S/c1-12-9-15(25-17(26)3-4-18(25)27)10-13(2)19(12)16-11-29-21(23-16)24-20(28)14-5-7-22-8-6-14/h5-11H,3-4H2,1-2H3,(H,23,24,28). The molecule has 3 amide bonds. The Hall–Kier alpha value is -3.39. The minimum Gasteiger partial charge on any atom is -0.298 e. The van der Waals surface area contributed by atoms with Crippen LogP contribution in [-0.4, -0.2) is 27.7 Å². The molecular formula is C21H18N4O3S. The summed E-state index contributed by atoms with van der Waals surface area (Å²) in [5.41, 5.74) is 4.58. The smallest absolute Gasteiger partial charge is 0.257 e. The van der Waals surface area contributed by atoms with Crippen molar-refractivity contribution < 1.29 is 14.4 Å². The van der Waals surface area contributed by atoms with E-state index >= 15 is 0 Å². The largest absolute Gasteiger partial charge is 0.298 e. The molecule has 1 fully saturated rings. The van der Waals surface area contributed by atoms with Gasteiger partial charge in [-0.25, -0.2) is 4.98 Å². The summed E-state index contributed by atoms with van der Waals surface area (Å²) < 4.78 is 0. The Bertz CT molecular complexity index is 1080. The van der Waals surface area contributed by atoms with Gasteiger partial charge >= 0.3 is 0 Å². The Morgan fingerprint density at radius 2 is 1.69 bits per heavy atom. The van der Waals surface area contributed by atoms with Crippen molar-refractivity contribution in [3.63, 3.8) is 0 Å². The second kappa shape index (κ2) is 7.56. The zero-order chi connectivity index (χ0) is 20.5. The summed E-state index contributed by atoms with van der Waals surface area (Å²) >= 11 is 1.34. The number of rotatable bonds is 4. The number of carbonyl (C=O) groups is 3. The van der Waals surface area contributed by atoms with Gasteiger partial charge in [0.1, 0.15) is 0 Å². The molecule has 1 saturated heterocycles. The fourth-order valence-electron chi connectivity index (χ4n) is 3.46. The molecule has 1 aromatic carbocycles. The lowest BCUT2D eigenvalue weighted by Crippen LogP contribution is -2.28. The summed E-state index contributed by atoms with van der Waals surface area (Å²) in [4.78, 5) is 46.1. The number of amides is 3. The summed E-state index contributed by atoms with van der Waals surface area (Å²) in [7, 11) is 0. The molecule has 8 heteroatoms. The molecule has 0 atom stereocenters. The fourth-order valence-corrected chi connectivity index (χ4v) is 4.15. The number of pyridine rings is 1. The van der Waals surface area contributed by atoms with Crippen LogP contribution in [0.3, 0.4) is 0 Å². The molecule has 3 heterocycles. The van der Waals surface area contributed by atoms with Crippen LogP contribution in [0.25, 0.3) is 11.3 Å². The molecule has 0 aliphatic carbocycles. The van der Waals surface area contributed by atoms with Crippen molar-refractivity contribution in [1.29, 1.82) is 0 Å². The van der Waals surface area contributed by atoms with E-state index in [0.29, 0.717) is 16.4 Å². The van der Waals surface area contributed by atoms with E-state index < -0.39 is 0 Å². The lowest BCUT2D eigenvalue weighted by atomic mass is 9.99. The Morgan fingerprint density at radius 1 is 1.07 bits per heavy atom. The topological polar surface area (TPSA) is 92.3 Å². The van der Waals surface area contributed by atoms with Crippen molar-refractivity contribution in [2.45, 2.75) is 26.7 Å². The maximum atomic E-state index is 12.3. The molecule has 3 aromatic rings. The van der Waals surface area contributed by atoms with Crippen LogP contribution >= 0.6 is 11.3 Å². The molecule has 0 radical (unpaired) electrons. The predicted octanol–water partition coefficient (Wildman–Crippen LogP) is 3.73. The quantitative estimate of drug-likeness (QED) is 0.667. The number of hydrogen-bond acceptors (Lipinski definition) is 6. The molecule has 0 bridgehead atoms. The van der Waals surface area contributed by atoms with Gasteiger partial charge in [0.05, 0.1) is 11.4 Å². The van der Waals surface area contributed by atoms with Gasteiger partial charge in [-0.2, -0.15) is 0 Å². The summed E-state index contributed by atoms with van der Waals surface area (Å²) in [5, 5.41) is 5.17. The SMILES string of the molecule is Cc1cc(N2C(=O)CCC2=O)cc(C)c1-c1csc(NC(=O)c2ccncc2)n1. The van der Waals surface area contributed by atoms with Gasteiger partial charge in [-0.05, 0) is 49.2 Å². The summed E-state index contributed by atoms with van der Waals surface area (Å²) in [6.07, 6.45) is 3.63. The lowest BCUT2D eigenvalue weighted by molar-refractivity contribution is -0.121. The van der Waals surface area contributed by atoms with Gasteiger partial charge < -0.3 is 0 Å². The highest BCUT2D eigenvalue weighted by Crippen LogP contribution is 2.34. The summed E-state index contributed by atoms with van der Waals surface area (Å²) in [6, 6.07) is 6.94. The predicted molar refractivity (Wildman–Crippen MR) is 111 cm³/mol. The third-order valence-corrected chi connectivity index (χ3v) is 5.51. The van der Waals surface area contributed by atoms with E-state index in [9.17, 15) is 14.4 Å². The number of aryl methyl sites for hydroxylation is 2.